The number of nitrogens with zero attached hydrogens (tertiary/aromatic N) is 1. The zero-order chi connectivity index (χ0) is 17.1. The van der Waals surface area contributed by atoms with E-state index in [2.05, 4.69) is 5.32 Å². The lowest BCUT2D eigenvalue weighted by molar-refractivity contribution is -0.896. The molecule has 6 nitrogen and oxygen atoms in total. The largest absolute Gasteiger partial charge is 0.459 e. The average Bonchev–Trinajstić information content (AvgIpc) is 2.99. The van der Waals surface area contributed by atoms with Gasteiger partial charge in [-0.2, -0.15) is 0 Å². The minimum atomic E-state index is -0.164. The Balaban J connectivity index is 1.52. The maximum Gasteiger partial charge on any atom is 0.275 e. The number of carbonyl (C=O) groups is 2. The molecule has 0 saturated carbocycles. The Bertz CT molecular complexity index is 699. The SMILES string of the molecule is CC(=O)N1CC[NH+](CC(=O)N[C@@H](C)c2cc3ccccc3o2)CC1. The molecule has 0 unspecified atom stereocenters. The predicted octanol–water partition coefficient (Wildman–Crippen LogP) is 0.357. The molecule has 0 aliphatic carbocycles. The molecule has 1 aromatic heterocycles. The molecule has 128 valence electrons. The van der Waals surface area contributed by atoms with Crippen molar-refractivity contribution in [3.05, 3.63) is 36.1 Å². The summed E-state index contributed by atoms with van der Waals surface area (Å²) in [4.78, 5) is 26.6. The normalized spacial score (nSPS) is 17.0. The number of hydrogen-bond acceptors (Lipinski definition) is 3. The molecule has 1 aliphatic heterocycles. The zero-order valence-corrected chi connectivity index (χ0v) is 14.2. The summed E-state index contributed by atoms with van der Waals surface area (Å²) in [5.74, 6) is 0.882. The number of benzene rings is 1. The third-order valence-electron chi connectivity index (χ3n) is 4.58. The fourth-order valence-electron chi connectivity index (χ4n) is 3.12. The quantitative estimate of drug-likeness (QED) is 0.850. The predicted molar refractivity (Wildman–Crippen MR) is 90.6 cm³/mol. The van der Waals surface area contributed by atoms with Gasteiger partial charge in [0.05, 0.1) is 32.2 Å². The molecule has 6 heteroatoms. The van der Waals surface area contributed by atoms with E-state index in [9.17, 15) is 9.59 Å². The number of piperazine rings is 1. The summed E-state index contributed by atoms with van der Waals surface area (Å²) in [7, 11) is 0. The third-order valence-corrected chi connectivity index (χ3v) is 4.58. The lowest BCUT2D eigenvalue weighted by atomic mass is 10.2. The van der Waals surface area contributed by atoms with E-state index >= 15 is 0 Å². The molecule has 0 spiro atoms. The van der Waals surface area contributed by atoms with Crippen LogP contribution in [0.3, 0.4) is 0 Å². The Morgan fingerprint density at radius 2 is 2.00 bits per heavy atom. The van der Waals surface area contributed by atoms with Crippen molar-refractivity contribution in [2.75, 3.05) is 32.7 Å². The van der Waals surface area contributed by atoms with Crippen molar-refractivity contribution in [3.63, 3.8) is 0 Å². The van der Waals surface area contributed by atoms with Crippen LogP contribution in [0.1, 0.15) is 25.6 Å². The molecule has 1 aliphatic rings. The average molecular weight is 330 g/mol. The van der Waals surface area contributed by atoms with Crippen molar-refractivity contribution in [2.45, 2.75) is 19.9 Å². The Morgan fingerprint density at radius 3 is 2.67 bits per heavy atom. The second-order valence-electron chi connectivity index (χ2n) is 6.41. The summed E-state index contributed by atoms with van der Waals surface area (Å²) in [5.41, 5.74) is 0.833. The first-order valence-corrected chi connectivity index (χ1v) is 8.40. The number of amides is 2. The van der Waals surface area contributed by atoms with E-state index < -0.39 is 0 Å². The highest BCUT2D eigenvalue weighted by Gasteiger charge is 2.24. The standard InChI is InChI=1S/C18H23N3O3/c1-13(17-11-15-5-3-4-6-16(15)24-17)19-18(23)12-20-7-9-21(10-8-20)14(2)22/h3-6,11,13H,7-10,12H2,1-2H3,(H,19,23)/p+1/t13-/m0/s1. The van der Waals surface area contributed by atoms with E-state index in [0.29, 0.717) is 6.54 Å². The van der Waals surface area contributed by atoms with Crippen molar-refractivity contribution in [1.82, 2.24) is 10.2 Å². The summed E-state index contributed by atoms with van der Waals surface area (Å²) in [6, 6.07) is 9.63. The molecule has 1 fully saturated rings. The van der Waals surface area contributed by atoms with Crippen molar-refractivity contribution >= 4 is 22.8 Å². The molecular weight excluding hydrogens is 306 g/mol. The van der Waals surface area contributed by atoms with Crippen LogP contribution in [0.15, 0.2) is 34.7 Å². The van der Waals surface area contributed by atoms with Gasteiger partial charge in [0.15, 0.2) is 6.54 Å². The minimum Gasteiger partial charge on any atom is -0.459 e. The van der Waals surface area contributed by atoms with Crippen LogP contribution in [-0.2, 0) is 9.59 Å². The third kappa shape index (κ3) is 3.76. The fraction of sp³-hybridized carbons (Fsp3) is 0.444. The molecule has 3 rings (SSSR count). The highest BCUT2D eigenvalue weighted by atomic mass is 16.3. The topological polar surface area (TPSA) is 67.0 Å². The van der Waals surface area contributed by atoms with Crippen LogP contribution in [0.2, 0.25) is 0 Å². The Hall–Kier alpha value is -2.34. The number of quaternary nitrogens is 1. The van der Waals surface area contributed by atoms with Crippen molar-refractivity contribution in [3.8, 4) is 0 Å². The van der Waals surface area contributed by atoms with E-state index in [4.69, 9.17) is 4.42 Å². The number of carbonyl (C=O) groups excluding carboxylic acids is 2. The van der Waals surface area contributed by atoms with Crippen LogP contribution >= 0.6 is 0 Å². The molecule has 2 heterocycles. The zero-order valence-electron chi connectivity index (χ0n) is 14.2. The van der Waals surface area contributed by atoms with Gasteiger partial charge in [-0.25, -0.2) is 0 Å². The second kappa shape index (κ2) is 7.05. The highest BCUT2D eigenvalue weighted by molar-refractivity contribution is 5.79. The van der Waals surface area contributed by atoms with Gasteiger partial charge in [-0.1, -0.05) is 18.2 Å². The van der Waals surface area contributed by atoms with Crippen LogP contribution in [0.25, 0.3) is 11.0 Å². The van der Waals surface area contributed by atoms with Crippen LogP contribution < -0.4 is 10.2 Å². The van der Waals surface area contributed by atoms with Gasteiger partial charge in [0.25, 0.3) is 5.91 Å². The Morgan fingerprint density at radius 1 is 1.29 bits per heavy atom. The number of rotatable bonds is 4. The van der Waals surface area contributed by atoms with Gasteiger partial charge in [-0.15, -0.1) is 0 Å². The second-order valence-corrected chi connectivity index (χ2v) is 6.41. The van der Waals surface area contributed by atoms with E-state index in [0.717, 1.165) is 42.9 Å². The summed E-state index contributed by atoms with van der Waals surface area (Å²) in [5, 5.41) is 4.05. The minimum absolute atomic E-state index is 0.00855. The van der Waals surface area contributed by atoms with E-state index in [1.807, 2.05) is 42.2 Å². The maximum atomic E-state index is 12.3. The van der Waals surface area contributed by atoms with Gasteiger partial charge in [0, 0.05) is 12.3 Å². The van der Waals surface area contributed by atoms with Gasteiger partial charge in [-0.05, 0) is 19.1 Å². The lowest BCUT2D eigenvalue weighted by Crippen LogP contribution is -3.15. The van der Waals surface area contributed by atoms with Gasteiger partial charge < -0.3 is 19.5 Å². The van der Waals surface area contributed by atoms with Gasteiger partial charge in [-0.3, -0.25) is 9.59 Å². The van der Waals surface area contributed by atoms with E-state index in [-0.39, 0.29) is 17.9 Å². The molecule has 1 atom stereocenters. The van der Waals surface area contributed by atoms with E-state index in [1.54, 1.807) is 6.92 Å². The maximum absolute atomic E-state index is 12.3. The fourth-order valence-corrected chi connectivity index (χ4v) is 3.12. The molecule has 1 aromatic carbocycles. The van der Waals surface area contributed by atoms with Crippen LogP contribution in [-0.4, -0.2) is 49.4 Å². The monoisotopic (exact) mass is 330 g/mol. The van der Waals surface area contributed by atoms with Crippen molar-refractivity contribution in [1.29, 1.82) is 0 Å². The first-order chi connectivity index (χ1) is 11.5. The van der Waals surface area contributed by atoms with Crippen LogP contribution in [0, 0.1) is 0 Å². The van der Waals surface area contributed by atoms with Gasteiger partial charge in [0.1, 0.15) is 11.3 Å². The number of para-hydroxylation sites is 1. The summed E-state index contributed by atoms with van der Waals surface area (Å²) in [6.07, 6.45) is 0. The number of hydrogen-bond donors (Lipinski definition) is 2. The number of furan rings is 1. The first-order valence-electron chi connectivity index (χ1n) is 8.40. The van der Waals surface area contributed by atoms with Crippen molar-refractivity contribution in [2.24, 2.45) is 0 Å². The van der Waals surface area contributed by atoms with E-state index in [1.165, 1.54) is 4.90 Å². The summed E-state index contributed by atoms with van der Waals surface area (Å²) in [6.45, 7) is 7.01. The van der Waals surface area contributed by atoms with Gasteiger partial charge >= 0.3 is 0 Å². The Labute approximate surface area is 141 Å². The molecule has 2 aromatic rings. The smallest absolute Gasteiger partial charge is 0.275 e. The molecular formula is C18H24N3O3+. The van der Waals surface area contributed by atoms with Crippen LogP contribution in [0.4, 0.5) is 0 Å². The lowest BCUT2D eigenvalue weighted by Gasteiger charge is -2.31. The van der Waals surface area contributed by atoms with Crippen LogP contribution in [0.5, 0.6) is 0 Å². The highest BCUT2D eigenvalue weighted by Crippen LogP contribution is 2.23. The Kier molecular flexibility index (Phi) is 4.85. The number of nitrogens with one attached hydrogen (secondary N) is 2. The van der Waals surface area contributed by atoms with Crippen molar-refractivity contribution < 1.29 is 18.9 Å². The molecule has 24 heavy (non-hydrogen) atoms. The number of fused-ring (bicyclic) bond motifs is 1. The first kappa shape index (κ1) is 16.5. The molecule has 2 amide bonds. The summed E-state index contributed by atoms with van der Waals surface area (Å²) >= 11 is 0. The molecule has 0 radical (unpaired) electrons. The summed E-state index contributed by atoms with van der Waals surface area (Å²) < 4.78 is 5.80. The molecule has 0 bridgehead atoms. The molecule has 2 N–H and O–H groups in total. The molecule has 1 saturated heterocycles. The van der Waals surface area contributed by atoms with Gasteiger partial charge in [0.2, 0.25) is 5.91 Å².